The summed E-state index contributed by atoms with van der Waals surface area (Å²) in [5, 5.41) is 10.7. The van der Waals surface area contributed by atoms with Gasteiger partial charge in [0.25, 0.3) is 0 Å². The van der Waals surface area contributed by atoms with Crippen molar-refractivity contribution in [3.05, 3.63) is 22.5 Å². The van der Waals surface area contributed by atoms with Crippen LogP contribution in [0, 0.1) is 12.8 Å². The van der Waals surface area contributed by atoms with E-state index in [0.717, 1.165) is 0 Å². The van der Waals surface area contributed by atoms with Gasteiger partial charge in [-0.15, -0.1) is 0 Å². The van der Waals surface area contributed by atoms with E-state index in [2.05, 4.69) is 0 Å². The first-order valence-corrected chi connectivity index (χ1v) is 8.79. The quantitative estimate of drug-likeness (QED) is 0.734. The Kier molecular flexibility index (Phi) is 6.66. The van der Waals surface area contributed by atoms with Gasteiger partial charge in [0.1, 0.15) is 6.10 Å². The fourth-order valence-corrected chi connectivity index (χ4v) is 3.59. The summed E-state index contributed by atoms with van der Waals surface area (Å²) >= 11 is 0. The molecule has 8 heteroatoms. The van der Waals surface area contributed by atoms with Gasteiger partial charge in [0.2, 0.25) is 5.76 Å². The Balaban J connectivity index is 2.80. The number of methoxy groups -OCH3 is 5. The summed E-state index contributed by atoms with van der Waals surface area (Å²) in [6, 6.07) is 0. The fraction of sp³-hybridized carbons (Fsp3) is 0.550. The third kappa shape index (κ3) is 3.32. The van der Waals surface area contributed by atoms with Crippen LogP contribution in [0.1, 0.15) is 31.1 Å². The minimum absolute atomic E-state index is 0.0410. The SMILES string of the molecule is COC(=O)C1=C(C)[C@H](O)[C@@H](C)[C@H](c2c(OC)c(OC)c(C)c(OC)c2OC)O1. The Labute approximate surface area is 164 Å². The first kappa shape index (κ1) is 21.7. The van der Waals surface area contributed by atoms with Crippen LogP contribution in [0.3, 0.4) is 0 Å². The maximum Gasteiger partial charge on any atom is 0.373 e. The molecule has 1 aliphatic heterocycles. The van der Waals surface area contributed by atoms with Crippen LogP contribution in [0.25, 0.3) is 0 Å². The summed E-state index contributed by atoms with van der Waals surface area (Å²) < 4.78 is 33.1. The predicted molar refractivity (Wildman–Crippen MR) is 101 cm³/mol. The van der Waals surface area contributed by atoms with Gasteiger partial charge >= 0.3 is 5.97 Å². The van der Waals surface area contributed by atoms with Gasteiger partial charge in [-0.2, -0.15) is 0 Å². The van der Waals surface area contributed by atoms with E-state index in [9.17, 15) is 9.90 Å². The second-order valence-corrected chi connectivity index (χ2v) is 6.52. The van der Waals surface area contributed by atoms with E-state index in [1.54, 1.807) is 6.92 Å². The van der Waals surface area contributed by atoms with Crippen LogP contribution in [-0.2, 0) is 14.3 Å². The van der Waals surface area contributed by atoms with Gasteiger partial charge in [0, 0.05) is 17.1 Å². The van der Waals surface area contributed by atoms with E-state index >= 15 is 0 Å². The van der Waals surface area contributed by atoms with Gasteiger partial charge in [-0.25, -0.2) is 4.79 Å². The van der Waals surface area contributed by atoms with Crippen LogP contribution < -0.4 is 18.9 Å². The molecule has 0 bridgehead atoms. The third-order valence-electron chi connectivity index (χ3n) is 5.08. The number of aliphatic hydroxyl groups is 1. The van der Waals surface area contributed by atoms with Crippen LogP contribution in [0.15, 0.2) is 11.3 Å². The van der Waals surface area contributed by atoms with Gasteiger partial charge in [-0.05, 0) is 13.8 Å². The Morgan fingerprint density at radius 3 is 1.75 bits per heavy atom. The Bertz CT molecular complexity index is 750. The molecule has 3 atom stereocenters. The maximum absolute atomic E-state index is 12.2. The van der Waals surface area contributed by atoms with Crippen LogP contribution >= 0.6 is 0 Å². The lowest BCUT2D eigenvalue weighted by Gasteiger charge is -2.37. The van der Waals surface area contributed by atoms with Crippen molar-refractivity contribution < 1.29 is 38.3 Å². The highest BCUT2D eigenvalue weighted by Gasteiger charge is 2.42. The van der Waals surface area contributed by atoms with E-state index in [0.29, 0.717) is 39.7 Å². The van der Waals surface area contributed by atoms with E-state index in [4.69, 9.17) is 28.4 Å². The molecule has 0 aromatic heterocycles. The largest absolute Gasteiger partial charge is 0.492 e. The van der Waals surface area contributed by atoms with Gasteiger partial charge in [-0.3, -0.25) is 0 Å². The van der Waals surface area contributed by atoms with Crippen molar-refractivity contribution >= 4 is 5.97 Å². The molecule has 2 rings (SSSR count). The van der Waals surface area contributed by atoms with Crippen LogP contribution in [0.2, 0.25) is 0 Å². The Hall–Kier alpha value is -2.61. The Morgan fingerprint density at radius 2 is 1.36 bits per heavy atom. The fourth-order valence-electron chi connectivity index (χ4n) is 3.59. The lowest BCUT2D eigenvalue weighted by Crippen LogP contribution is -2.35. The second-order valence-electron chi connectivity index (χ2n) is 6.52. The summed E-state index contributed by atoms with van der Waals surface area (Å²) in [7, 11) is 7.29. The van der Waals surface area contributed by atoms with Gasteiger partial charge in [0.05, 0.1) is 47.2 Å². The van der Waals surface area contributed by atoms with Crippen LogP contribution in [0.4, 0.5) is 0 Å². The van der Waals surface area contributed by atoms with E-state index < -0.39 is 24.1 Å². The topological polar surface area (TPSA) is 92.7 Å². The number of aliphatic hydroxyl groups excluding tert-OH is 1. The first-order chi connectivity index (χ1) is 13.3. The molecule has 156 valence electrons. The molecule has 1 N–H and O–H groups in total. The predicted octanol–water partition coefficient (Wildman–Crippen LogP) is 2.54. The molecule has 0 saturated heterocycles. The highest BCUT2D eigenvalue weighted by Crippen LogP contribution is 2.54. The van der Waals surface area contributed by atoms with Crippen molar-refractivity contribution in [1.29, 1.82) is 0 Å². The van der Waals surface area contributed by atoms with Crippen molar-refractivity contribution in [3.63, 3.8) is 0 Å². The molecular weight excluding hydrogens is 368 g/mol. The molecule has 0 saturated carbocycles. The smallest absolute Gasteiger partial charge is 0.373 e. The number of ether oxygens (including phenoxy) is 6. The summed E-state index contributed by atoms with van der Waals surface area (Å²) in [4.78, 5) is 12.2. The molecule has 0 radical (unpaired) electrons. The molecular formula is C20H28O8. The summed E-state index contributed by atoms with van der Waals surface area (Å²) in [5.41, 5.74) is 1.57. The maximum atomic E-state index is 12.2. The van der Waals surface area contributed by atoms with Crippen LogP contribution in [-0.4, -0.2) is 52.7 Å². The summed E-state index contributed by atoms with van der Waals surface area (Å²) in [6.45, 7) is 5.26. The molecule has 1 aromatic carbocycles. The minimum Gasteiger partial charge on any atom is -0.492 e. The van der Waals surface area contributed by atoms with Crippen LogP contribution in [0.5, 0.6) is 23.0 Å². The van der Waals surface area contributed by atoms with E-state index in [1.165, 1.54) is 35.5 Å². The van der Waals surface area contributed by atoms with Gasteiger partial charge < -0.3 is 33.5 Å². The number of carbonyl (C=O) groups is 1. The standard InChI is InChI=1S/C20H28O8/c1-9-13(21)10(2)17(20(22)27-8)28-14(9)12-18(25-6)15(23-4)11(3)16(24-5)19(12)26-7/h9,13-14,21H,1-8H3/t9-,13-,14-/m1/s1. The number of carbonyl (C=O) groups excluding carboxylic acids is 1. The lowest BCUT2D eigenvalue weighted by molar-refractivity contribution is -0.144. The van der Waals surface area contributed by atoms with Crippen molar-refractivity contribution in [1.82, 2.24) is 0 Å². The third-order valence-corrected chi connectivity index (χ3v) is 5.08. The number of hydrogen-bond acceptors (Lipinski definition) is 8. The molecule has 1 aromatic rings. The molecule has 0 spiro atoms. The van der Waals surface area contributed by atoms with E-state index in [-0.39, 0.29) is 5.76 Å². The molecule has 28 heavy (non-hydrogen) atoms. The van der Waals surface area contributed by atoms with Gasteiger partial charge in [-0.1, -0.05) is 6.92 Å². The molecule has 0 aliphatic carbocycles. The average Bonchev–Trinajstić information content (AvgIpc) is 2.70. The van der Waals surface area contributed by atoms with Crippen molar-refractivity contribution in [2.45, 2.75) is 33.0 Å². The van der Waals surface area contributed by atoms with Crippen molar-refractivity contribution in [2.75, 3.05) is 35.5 Å². The van der Waals surface area contributed by atoms with Crippen molar-refractivity contribution in [3.8, 4) is 23.0 Å². The summed E-state index contributed by atoms with van der Waals surface area (Å²) in [6.07, 6.45) is -1.71. The second kappa shape index (κ2) is 8.60. The lowest BCUT2D eigenvalue weighted by atomic mass is 9.84. The average molecular weight is 396 g/mol. The summed E-state index contributed by atoms with van der Waals surface area (Å²) in [5.74, 6) is 0.528. The van der Waals surface area contributed by atoms with E-state index in [1.807, 2.05) is 13.8 Å². The zero-order valence-electron chi connectivity index (χ0n) is 17.5. The van der Waals surface area contributed by atoms with Gasteiger partial charge in [0.15, 0.2) is 23.0 Å². The zero-order valence-corrected chi connectivity index (χ0v) is 17.5. The molecule has 1 heterocycles. The number of esters is 1. The minimum atomic E-state index is -0.930. The molecule has 0 fully saturated rings. The number of hydrogen-bond donors (Lipinski definition) is 1. The first-order valence-electron chi connectivity index (χ1n) is 8.79. The molecule has 1 aliphatic rings. The number of benzene rings is 1. The molecule has 8 nitrogen and oxygen atoms in total. The Morgan fingerprint density at radius 1 is 0.893 bits per heavy atom. The molecule has 0 unspecified atom stereocenters. The molecule has 0 amide bonds. The van der Waals surface area contributed by atoms with Crippen molar-refractivity contribution in [2.24, 2.45) is 5.92 Å². The normalized spacial score (nSPS) is 21.7. The highest BCUT2D eigenvalue weighted by molar-refractivity contribution is 5.87. The highest BCUT2D eigenvalue weighted by atomic mass is 16.6. The zero-order chi connectivity index (χ0) is 21.2. The monoisotopic (exact) mass is 396 g/mol. The number of rotatable bonds is 6.